The summed E-state index contributed by atoms with van der Waals surface area (Å²) < 4.78 is 26.9. The van der Waals surface area contributed by atoms with Crippen molar-refractivity contribution in [2.75, 3.05) is 19.0 Å². The van der Waals surface area contributed by atoms with Gasteiger partial charge in [0.25, 0.3) is 0 Å². The van der Waals surface area contributed by atoms with Gasteiger partial charge in [-0.3, -0.25) is 0 Å². The standard InChI is InChI=1S/C10H23NO3S/c1-9(8-15(11,12)13)7-14-6-5-10(2,3)4/h9H,5-8H2,1-4H3,(H2,11,12,13). The van der Waals surface area contributed by atoms with E-state index in [4.69, 9.17) is 9.88 Å². The molecule has 0 saturated carbocycles. The molecule has 0 aliphatic carbocycles. The highest BCUT2D eigenvalue weighted by Gasteiger charge is 2.13. The predicted molar refractivity (Wildman–Crippen MR) is 62.0 cm³/mol. The van der Waals surface area contributed by atoms with Gasteiger partial charge < -0.3 is 4.74 Å². The van der Waals surface area contributed by atoms with Gasteiger partial charge in [0.2, 0.25) is 10.0 Å². The molecule has 0 aliphatic rings. The van der Waals surface area contributed by atoms with Gasteiger partial charge in [-0.2, -0.15) is 0 Å². The van der Waals surface area contributed by atoms with Crippen LogP contribution in [0.4, 0.5) is 0 Å². The second-order valence-corrected chi connectivity index (χ2v) is 6.98. The zero-order valence-electron chi connectivity index (χ0n) is 10.1. The fourth-order valence-corrected chi connectivity index (χ4v) is 2.00. The molecule has 15 heavy (non-hydrogen) atoms. The minimum Gasteiger partial charge on any atom is -0.381 e. The van der Waals surface area contributed by atoms with Crippen molar-refractivity contribution in [1.82, 2.24) is 0 Å². The number of primary sulfonamides is 1. The number of sulfonamides is 1. The molecule has 0 bridgehead atoms. The van der Waals surface area contributed by atoms with Crippen LogP contribution in [-0.4, -0.2) is 27.4 Å². The van der Waals surface area contributed by atoms with E-state index in [1.165, 1.54) is 0 Å². The molecule has 0 amide bonds. The molecule has 4 nitrogen and oxygen atoms in total. The smallest absolute Gasteiger partial charge is 0.209 e. The van der Waals surface area contributed by atoms with E-state index in [-0.39, 0.29) is 17.1 Å². The van der Waals surface area contributed by atoms with Crippen molar-refractivity contribution in [1.29, 1.82) is 0 Å². The summed E-state index contributed by atoms with van der Waals surface area (Å²) in [7, 11) is -3.37. The molecule has 5 heteroatoms. The van der Waals surface area contributed by atoms with Crippen molar-refractivity contribution in [3.63, 3.8) is 0 Å². The van der Waals surface area contributed by atoms with Gasteiger partial charge in [0.1, 0.15) is 0 Å². The maximum absolute atomic E-state index is 10.8. The lowest BCUT2D eigenvalue weighted by molar-refractivity contribution is 0.0889. The molecule has 0 aromatic heterocycles. The molecule has 0 rings (SSSR count). The Morgan fingerprint density at radius 3 is 2.27 bits per heavy atom. The Morgan fingerprint density at radius 1 is 1.33 bits per heavy atom. The molecule has 0 heterocycles. The molecule has 2 N–H and O–H groups in total. The summed E-state index contributed by atoms with van der Waals surface area (Å²) in [5.74, 6) is -0.0531. The van der Waals surface area contributed by atoms with Crippen molar-refractivity contribution in [2.24, 2.45) is 16.5 Å². The molecule has 0 spiro atoms. The van der Waals surface area contributed by atoms with Crippen LogP contribution in [0.3, 0.4) is 0 Å². The van der Waals surface area contributed by atoms with Crippen LogP contribution in [0.15, 0.2) is 0 Å². The van der Waals surface area contributed by atoms with Crippen LogP contribution in [0, 0.1) is 11.3 Å². The van der Waals surface area contributed by atoms with E-state index in [1.807, 2.05) is 6.92 Å². The van der Waals surface area contributed by atoms with Crippen LogP contribution in [0.1, 0.15) is 34.1 Å². The number of hydrogen-bond donors (Lipinski definition) is 1. The molecule has 0 radical (unpaired) electrons. The lowest BCUT2D eigenvalue weighted by Crippen LogP contribution is -2.24. The Morgan fingerprint density at radius 2 is 1.87 bits per heavy atom. The summed E-state index contributed by atoms with van der Waals surface area (Å²) in [4.78, 5) is 0. The van der Waals surface area contributed by atoms with Gasteiger partial charge in [-0.1, -0.05) is 27.7 Å². The van der Waals surface area contributed by atoms with E-state index < -0.39 is 10.0 Å². The third kappa shape index (κ3) is 11.8. The third-order valence-electron chi connectivity index (χ3n) is 1.92. The van der Waals surface area contributed by atoms with E-state index in [9.17, 15) is 8.42 Å². The lowest BCUT2D eigenvalue weighted by Gasteiger charge is -2.18. The van der Waals surface area contributed by atoms with E-state index in [2.05, 4.69) is 20.8 Å². The molecule has 0 aromatic carbocycles. The molecule has 1 atom stereocenters. The first-order valence-corrected chi connectivity index (χ1v) is 6.90. The van der Waals surface area contributed by atoms with Crippen LogP contribution >= 0.6 is 0 Å². The number of rotatable bonds is 6. The Hall–Kier alpha value is -0.130. The summed E-state index contributed by atoms with van der Waals surface area (Å²) in [5.41, 5.74) is 0.253. The van der Waals surface area contributed by atoms with E-state index in [1.54, 1.807) is 0 Å². The van der Waals surface area contributed by atoms with Crippen LogP contribution in [-0.2, 0) is 14.8 Å². The summed E-state index contributed by atoms with van der Waals surface area (Å²) in [5, 5.41) is 4.93. The van der Waals surface area contributed by atoms with Gasteiger partial charge in [-0.15, -0.1) is 0 Å². The van der Waals surface area contributed by atoms with Crippen LogP contribution in [0.2, 0.25) is 0 Å². The molecule has 92 valence electrons. The van der Waals surface area contributed by atoms with Gasteiger partial charge in [0.05, 0.1) is 12.4 Å². The number of nitrogens with two attached hydrogens (primary N) is 1. The third-order valence-corrected chi connectivity index (χ3v) is 2.95. The monoisotopic (exact) mass is 237 g/mol. The van der Waals surface area contributed by atoms with Crippen LogP contribution < -0.4 is 5.14 Å². The van der Waals surface area contributed by atoms with Gasteiger partial charge in [0, 0.05) is 6.61 Å². The normalized spacial score (nSPS) is 15.3. The fraction of sp³-hybridized carbons (Fsp3) is 1.00. The average Bonchev–Trinajstić information content (AvgIpc) is 1.92. The molecule has 1 unspecified atom stereocenters. The maximum Gasteiger partial charge on any atom is 0.209 e. The van der Waals surface area contributed by atoms with Crippen molar-refractivity contribution < 1.29 is 13.2 Å². The van der Waals surface area contributed by atoms with Gasteiger partial charge in [0.15, 0.2) is 0 Å². The van der Waals surface area contributed by atoms with E-state index in [0.717, 1.165) is 6.42 Å². The minimum atomic E-state index is -3.37. The molecule has 0 aliphatic heterocycles. The number of ether oxygens (including phenoxy) is 1. The van der Waals surface area contributed by atoms with Gasteiger partial charge in [-0.05, 0) is 17.8 Å². The Labute approximate surface area is 93.2 Å². The molecular weight excluding hydrogens is 214 g/mol. The van der Waals surface area contributed by atoms with Crippen LogP contribution in [0.25, 0.3) is 0 Å². The van der Waals surface area contributed by atoms with Gasteiger partial charge in [-0.25, -0.2) is 13.6 Å². The molecule has 0 saturated heterocycles. The average molecular weight is 237 g/mol. The predicted octanol–water partition coefficient (Wildman–Crippen LogP) is 1.36. The highest BCUT2D eigenvalue weighted by Crippen LogP contribution is 2.18. The first-order valence-electron chi connectivity index (χ1n) is 5.18. The Bertz CT molecular complexity index is 267. The summed E-state index contributed by atoms with van der Waals surface area (Å²) in [6.45, 7) is 9.37. The van der Waals surface area contributed by atoms with Crippen molar-refractivity contribution in [2.45, 2.75) is 34.1 Å². The van der Waals surface area contributed by atoms with E-state index in [0.29, 0.717) is 13.2 Å². The zero-order chi connectivity index (χ0) is 12.1. The minimum absolute atomic E-state index is 0.0114. The second kappa shape index (κ2) is 5.82. The van der Waals surface area contributed by atoms with Crippen molar-refractivity contribution in [3.05, 3.63) is 0 Å². The molecular formula is C10H23NO3S. The summed E-state index contributed by atoms with van der Waals surface area (Å²) in [6, 6.07) is 0. The summed E-state index contributed by atoms with van der Waals surface area (Å²) in [6.07, 6.45) is 0.967. The highest BCUT2D eigenvalue weighted by atomic mass is 32.2. The first-order chi connectivity index (χ1) is 6.60. The zero-order valence-corrected chi connectivity index (χ0v) is 10.9. The fourth-order valence-electron chi connectivity index (χ4n) is 1.11. The quantitative estimate of drug-likeness (QED) is 0.709. The summed E-state index contributed by atoms with van der Waals surface area (Å²) >= 11 is 0. The van der Waals surface area contributed by atoms with Crippen LogP contribution in [0.5, 0.6) is 0 Å². The van der Waals surface area contributed by atoms with Crippen molar-refractivity contribution >= 4 is 10.0 Å². The highest BCUT2D eigenvalue weighted by molar-refractivity contribution is 7.89. The lowest BCUT2D eigenvalue weighted by atomic mass is 9.93. The number of hydrogen-bond acceptors (Lipinski definition) is 3. The Balaban J connectivity index is 3.61. The molecule has 0 aromatic rings. The molecule has 0 fully saturated rings. The SMILES string of the molecule is CC(COCCC(C)(C)C)CS(N)(=O)=O. The topological polar surface area (TPSA) is 69.4 Å². The first kappa shape index (κ1) is 14.9. The Kier molecular flexibility index (Phi) is 5.77. The van der Waals surface area contributed by atoms with Crippen molar-refractivity contribution in [3.8, 4) is 0 Å². The van der Waals surface area contributed by atoms with E-state index >= 15 is 0 Å². The second-order valence-electron chi connectivity index (χ2n) is 5.32. The largest absolute Gasteiger partial charge is 0.381 e. The maximum atomic E-state index is 10.8. The van der Waals surface area contributed by atoms with Gasteiger partial charge >= 0.3 is 0 Å².